The largest absolute Gasteiger partial charge is 0.140 e. The highest BCUT2D eigenvalue weighted by molar-refractivity contribution is 7.19. The van der Waals surface area contributed by atoms with Crippen molar-refractivity contribution in [2.75, 3.05) is 0 Å². The first-order valence-corrected chi connectivity index (χ1v) is 19.5. The average molecular weight is 623 g/mol. The van der Waals surface area contributed by atoms with Crippen LogP contribution in [0.25, 0.3) is 52.5 Å². The molecule has 0 aliphatic carbocycles. The summed E-state index contributed by atoms with van der Waals surface area (Å²) in [6.07, 6.45) is 21.5. The molecular weight excluding hydrogens is 569 g/mol. The summed E-state index contributed by atoms with van der Waals surface area (Å²) in [5.41, 5.74) is 0. The normalized spacial score (nSPS) is 11.7. The van der Waals surface area contributed by atoms with E-state index in [1.54, 1.807) is 9.75 Å². The number of fused-ring (bicyclic) bond motifs is 9. The number of hydrogen-bond acceptors (Lipinski definition) is 2. The third-order valence-electron chi connectivity index (χ3n) is 9.30. The van der Waals surface area contributed by atoms with Crippen molar-refractivity contribution in [1.82, 2.24) is 0 Å². The SMILES string of the molecule is CCCCCC.CCCCCCCc1cc2c(ccc3c2ccc2c4ccc5sc(CCCCCCC)cc5c4ccc32)s1. The van der Waals surface area contributed by atoms with Gasteiger partial charge in [-0.05, 0) is 82.3 Å². The molecule has 0 spiro atoms. The number of aryl methyl sites for hydroxylation is 2. The predicted octanol–water partition coefficient (Wildman–Crippen LogP) is 15.2. The summed E-state index contributed by atoms with van der Waals surface area (Å²) < 4.78 is 2.87. The van der Waals surface area contributed by atoms with Crippen LogP contribution in [0.5, 0.6) is 0 Å². The lowest BCUT2D eigenvalue weighted by atomic mass is 9.94. The molecule has 0 atom stereocenters. The third-order valence-corrected chi connectivity index (χ3v) is 11.6. The van der Waals surface area contributed by atoms with Crippen LogP contribution in [0.15, 0.2) is 60.7 Å². The minimum Gasteiger partial charge on any atom is -0.140 e. The monoisotopic (exact) mass is 622 g/mol. The van der Waals surface area contributed by atoms with Gasteiger partial charge in [-0.15, -0.1) is 22.7 Å². The van der Waals surface area contributed by atoms with Gasteiger partial charge in [-0.2, -0.15) is 0 Å². The van der Waals surface area contributed by atoms with Gasteiger partial charge in [0.25, 0.3) is 0 Å². The second-order valence-corrected chi connectivity index (χ2v) is 15.2. The molecule has 0 saturated heterocycles. The number of thiophene rings is 2. The van der Waals surface area contributed by atoms with Gasteiger partial charge in [0.1, 0.15) is 0 Å². The molecule has 0 bridgehead atoms. The third kappa shape index (κ3) is 7.86. The molecule has 234 valence electrons. The standard InChI is InChI=1S/C36H40S2.C6H14/c1-3-5-7-9-11-13-25-23-33-31-17-15-28-27(29(31)19-21-35(33)37-25)16-18-32-30(28)20-22-36-34(32)24-26(38-36)14-12-10-8-6-4-2;1-3-5-6-4-2/h15-24H,3-14H2,1-2H3;3-6H2,1-2H3. The first-order chi connectivity index (χ1) is 21.7. The zero-order valence-corrected chi connectivity index (χ0v) is 29.5. The fourth-order valence-electron chi connectivity index (χ4n) is 6.74. The maximum Gasteiger partial charge on any atom is 0.0352 e. The zero-order valence-electron chi connectivity index (χ0n) is 27.9. The highest BCUT2D eigenvalue weighted by Gasteiger charge is 2.12. The molecule has 44 heavy (non-hydrogen) atoms. The fourth-order valence-corrected chi connectivity index (χ4v) is 8.98. The summed E-state index contributed by atoms with van der Waals surface area (Å²) in [5, 5.41) is 11.2. The molecule has 6 aromatic rings. The summed E-state index contributed by atoms with van der Waals surface area (Å²) in [6, 6.07) is 24.0. The van der Waals surface area contributed by atoms with E-state index in [1.165, 1.54) is 155 Å². The smallest absolute Gasteiger partial charge is 0.0352 e. The molecule has 0 nitrogen and oxygen atoms in total. The fraction of sp³-hybridized carbons (Fsp3) is 0.476. The van der Waals surface area contributed by atoms with Crippen LogP contribution >= 0.6 is 22.7 Å². The summed E-state index contributed by atoms with van der Waals surface area (Å²) >= 11 is 4.00. The van der Waals surface area contributed by atoms with E-state index in [9.17, 15) is 0 Å². The van der Waals surface area contributed by atoms with Crippen molar-refractivity contribution in [1.29, 1.82) is 0 Å². The van der Waals surface area contributed by atoms with Crippen LogP contribution in [-0.4, -0.2) is 0 Å². The molecule has 0 unspecified atom stereocenters. The van der Waals surface area contributed by atoms with Crippen LogP contribution in [0.1, 0.15) is 127 Å². The summed E-state index contributed by atoms with van der Waals surface area (Å²) in [7, 11) is 0. The van der Waals surface area contributed by atoms with E-state index in [0.717, 1.165) is 0 Å². The first-order valence-electron chi connectivity index (χ1n) is 17.9. The lowest BCUT2D eigenvalue weighted by Gasteiger charge is -2.09. The Kier molecular flexibility index (Phi) is 12.6. The highest BCUT2D eigenvalue weighted by atomic mass is 32.1. The molecule has 0 saturated carbocycles. The van der Waals surface area contributed by atoms with Crippen molar-refractivity contribution < 1.29 is 0 Å². The van der Waals surface area contributed by atoms with Crippen LogP contribution in [-0.2, 0) is 12.8 Å². The van der Waals surface area contributed by atoms with Gasteiger partial charge in [0, 0.05) is 29.9 Å². The highest BCUT2D eigenvalue weighted by Crippen LogP contribution is 2.40. The zero-order chi connectivity index (χ0) is 30.7. The van der Waals surface area contributed by atoms with Crippen LogP contribution in [0.3, 0.4) is 0 Å². The van der Waals surface area contributed by atoms with Crippen molar-refractivity contribution in [3.8, 4) is 0 Å². The lowest BCUT2D eigenvalue weighted by Crippen LogP contribution is -1.83. The second-order valence-electron chi connectivity index (χ2n) is 12.8. The molecular formula is C42H54S2. The van der Waals surface area contributed by atoms with E-state index in [1.807, 2.05) is 22.7 Å². The predicted molar refractivity (Wildman–Crippen MR) is 204 cm³/mol. The maximum absolute atomic E-state index is 2.48. The van der Waals surface area contributed by atoms with Crippen molar-refractivity contribution in [2.24, 2.45) is 0 Å². The van der Waals surface area contributed by atoms with Crippen molar-refractivity contribution in [3.05, 3.63) is 70.4 Å². The Hall–Kier alpha value is -2.42. The van der Waals surface area contributed by atoms with E-state index in [4.69, 9.17) is 0 Å². The lowest BCUT2D eigenvalue weighted by molar-refractivity contribution is 0.634. The average Bonchev–Trinajstić information content (AvgIpc) is 3.67. The molecule has 4 aromatic carbocycles. The maximum atomic E-state index is 2.48. The summed E-state index contributed by atoms with van der Waals surface area (Å²) in [5.74, 6) is 0. The van der Waals surface area contributed by atoms with Crippen molar-refractivity contribution >= 4 is 75.2 Å². The summed E-state index contributed by atoms with van der Waals surface area (Å²) in [4.78, 5) is 3.09. The van der Waals surface area contributed by atoms with E-state index >= 15 is 0 Å². The van der Waals surface area contributed by atoms with E-state index in [0.29, 0.717) is 0 Å². The minimum atomic E-state index is 1.22. The number of hydrogen-bond donors (Lipinski definition) is 0. The second kappa shape index (κ2) is 16.8. The topological polar surface area (TPSA) is 0 Å². The molecule has 0 fully saturated rings. The van der Waals surface area contributed by atoms with Gasteiger partial charge in [-0.1, -0.05) is 141 Å². The Labute approximate surface area is 274 Å². The van der Waals surface area contributed by atoms with Gasteiger partial charge in [-0.3, -0.25) is 0 Å². The number of benzene rings is 4. The van der Waals surface area contributed by atoms with Gasteiger partial charge >= 0.3 is 0 Å². The molecule has 2 heteroatoms. The van der Waals surface area contributed by atoms with Gasteiger partial charge in [0.15, 0.2) is 0 Å². The van der Waals surface area contributed by atoms with Gasteiger partial charge in [-0.25, -0.2) is 0 Å². The quantitative estimate of drug-likeness (QED) is 0.0789. The molecule has 0 aliphatic heterocycles. The van der Waals surface area contributed by atoms with Crippen LogP contribution in [0.2, 0.25) is 0 Å². The Morgan fingerprint density at radius 2 is 0.636 bits per heavy atom. The molecule has 2 heterocycles. The number of rotatable bonds is 15. The van der Waals surface area contributed by atoms with Crippen molar-refractivity contribution in [2.45, 2.75) is 130 Å². The molecule has 0 aliphatic rings. The van der Waals surface area contributed by atoms with Gasteiger partial charge in [0.2, 0.25) is 0 Å². The Bertz CT molecular complexity index is 1630. The number of unbranched alkanes of at least 4 members (excludes halogenated alkanes) is 11. The van der Waals surface area contributed by atoms with Crippen LogP contribution in [0.4, 0.5) is 0 Å². The van der Waals surface area contributed by atoms with Crippen LogP contribution in [0, 0.1) is 0 Å². The van der Waals surface area contributed by atoms with E-state index in [2.05, 4.69) is 88.4 Å². The van der Waals surface area contributed by atoms with Gasteiger partial charge < -0.3 is 0 Å². The first kappa shape index (κ1) is 33.0. The van der Waals surface area contributed by atoms with Crippen LogP contribution < -0.4 is 0 Å². The van der Waals surface area contributed by atoms with E-state index in [-0.39, 0.29) is 0 Å². The Morgan fingerprint density at radius 3 is 1.00 bits per heavy atom. The molecule has 0 N–H and O–H groups in total. The molecule has 0 radical (unpaired) electrons. The van der Waals surface area contributed by atoms with E-state index < -0.39 is 0 Å². The molecule has 0 amide bonds. The Balaban J connectivity index is 0.000000584. The molecule has 6 rings (SSSR count). The minimum absolute atomic E-state index is 1.22. The summed E-state index contributed by atoms with van der Waals surface area (Å²) in [6.45, 7) is 9.05. The van der Waals surface area contributed by atoms with Gasteiger partial charge in [0.05, 0.1) is 0 Å². The molecule has 2 aromatic heterocycles. The Morgan fingerprint density at radius 1 is 0.341 bits per heavy atom. The van der Waals surface area contributed by atoms with Crippen molar-refractivity contribution in [3.63, 3.8) is 0 Å².